The fraction of sp³-hybridized carbons (Fsp3) is 0.222. The molecule has 0 saturated heterocycles. The Balaban J connectivity index is 1.71. The van der Waals surface area contributed by atoms with Gasteiger partial charge < -0.3 is 5.84 Å². The Labute approximate surface area is 151 Å². The number of hydrogen-bond donors (Lipinski definition) is 1. The van der Waals surface area contributed by atoms with E-state index in [9.17, 15) is 0 Å². The molecule has 0 bridgehead atoms. The molecular formula is C18H19ClN4S. The fourth-order valence-corrected chi connectivity index (χ4v) is 3.26. The minimum absolute atomic E-state index is 0.542. The molecule has 3 aromatic rings. The maximum Gasteiger partial charge on any atom is 0.210 e. The van der Waals surface area contributed by atoms with E-state index < -0.39 is 0 Å². The van der Waals surface area contributed by atoms with Gasteiger partial charge in [-0.15, -0.1) is 10.2 Å². The van der Waals surface area contributed by atoms with Crippen molar-refractivity contribution in [3.05, 3.63) is 64.7 Å². The highest BCUT2D eigenvalue weighted by Gasteiger charge is 2.12. The lowest BCUT2D eigenvalue weighted by Gasteiger charge is -2.07. The molecule has 3 rings (SSSR count). The fourth-order valence-electron chi connectivity index (χ4n) is 2.32. The van der Waals surface area contributed by atoms with E-state index in [0.717, 1.165) is 11.3 Å². The van der Waals surface area contributed by atoms with E-state index in [1.807, 2.05) is 24.3 Å². The topological polar surface area (TPSA) is 56.7 Å². The van der Waals surface area contributed by atoms with Crippen LogP contribution in [-0.2, 0) is 5.75 Å². The van der Waals surface area contributed by atoms with E-state index in [4.69, 9.17) is 17.4 Å². The second-order valence-electron chi connectivity index (χ2n) is 5.87. The summed E-state index contributed by atoms with van der Waals surface area (Å²) in [6.07, 6.45) is 0. The molecule has 24 heavy (non-hydrogen) atoms. The van der Waals surface area contributed by atoms with Gasteiger partial charge in [0.05, 0.1) is 0 Å². The number of nitrogens with zero attached hydrogens (tertiary/aromatic N) is 3. The lowest BCUT2D eigenvalue weighted by atomic mass is 10.0. The standard InChI is InChI=1S/C18H19ClN4S/c1-12(2)14-5-3-13(4-6-14)11-24-18-22-21-17(23(18)20)15-7-9-16(19)10-8-15/h3-10,12H,11,20H2,1-2H3. The number of nitrogens with two attached hydrogens (primary N) is 1. The summed E-state index contributed by atoms with van der Waals surface area (Å²) in [5, 5.41) is 9.75. The molecule has 0 spiro atoms. The number of benzene rings is 2. The third-order valence-electron chi connectivity index (χ3n) is 3.78. The highest BCUT2D eigenvalue weighted by molar-refractivity contribution is 7.98. The average molecular weight is 359 g/mol. The quantitative estimate of drug-likeness (QED) is 0.529. The SMILES string of the molecule is CC(C)c1ccc(CSc2nnc(-c3ccc(Cl)cc3)n2N)cc1. The molecule has 0 saturated carbocycles. The molecule has 0 radical (unpaired) electrons. The van der Waals surface area contributed by atoms with Crippen LogP contribution in [0.25, 0.3) is 11.4 Å². The van der Waals surface area contributed by atoms with Gasteiger partial charge in [-0.1, -0.05) is 61.5 Å². The first kappa shape index (κ1) is 16.9. The van der Waals surface area contributed by atoms with Crippen LogP contribution < -0.4 is 5.84 Å². The molecule has 1 heterocycles. The van der Waals surface area contributed by atoms with Crippen LogP contribution in [0.1, 0.15) is 30.9 Å². The van der Waals surface area contributed by atoms with Gasteiger partial charge in [0, 0.05) is 16.3 Å². The van der Waals surface area contributed by atoms with Crippen molar-refractivity contribution in [3.63, 3.8) is 0 Å². The van der Waals surface area contributed by atoms with E-state index in [1.54, 1.807) is 11.8 Å². The molecule has 0 unspecified atom stereocenters. The summed E-state index contributed by atoms with van der Waals surface area (Å²) >= 11 is 7.49. The van der Waals surface area contributed by atoms with Crippen molar-refractivity contribution in [2.75, 3.05) is 5.84 Å². The molecule has 4 nitrogen and oxygen atoms in total. The van der Waals surface area contributed by atoms with Crippen LogP contribution >= 0.6 is 23.4 Å². The number of halogens is 1. The molecular weight excluding hydrogens is 340 g/mol. The van der Waals surface area contributed by atoms with Crippen molar-refractivity contribution >= 4 is 23.4 Å². The zero-order chi connectivity index (χ0) is 17.1. The van der Waals surface area contributed by atoms with Gasteiger partial charge in [0.2, 0.25) is 5.16 Å². The maximum atomic E-state index is 6.14. The number of aromatic nitrogens is 3. The number of rotatable bonds is 5. The summed E-state index contributed by atoms with van der Waals surface area (Å²) in [4.78, 5) is 0. The van der Waals surface area contributed by atoms with Crippen molar-refractivity contribution in [1.29, 1.82) is 0 Å². The van der Waals surface area contributed by atoms with Gasteiger partial charge in [-0.2, -0.15) is 0 Å². The van der Waals surface area contributed by atoms with Gasteiger partial charge >= 0.3 is 0 Å². The van der Waals surface area contributed by atoms with Crippen LogP contribution in [-0.4, -0.2) is 14.9 Å². The Hall–Kier alpha value is -1.98. The Kier molecular flexibility index (Phi) is 5.11. The molecule has 6 heteroatoms. The lowest BCUT2D eigenvalue weighted by Crippen LogP contribution is -2.11. The predicted molar refractivity (Wildman–Crippen MR) is 101 cm³/mol. The molecule has 124 valence electrons. The molecule has 1 aromatic heterocycles. The van der Waals surface area contributed by atoms with Gasteiger partial charge in [0.25, 0.3) is 0 Å². The second kappa shape index (κ2) is 7.28. The Bertz CT molecular complexity index is 810. The van der Waals surface area contributed by atoms with Gasteiger partial charge in [0.15, 0.2) is 5.82 Å². The summed E-state index contributed by atoms with van der Waals surface area (Å²) in [6, 6.07) is 16.0. The molecule has 2 aromatic carbocycles. The zero-order valence-electron chi connectivity index (χ0n) is 13.6. The van der Waals surface area contributed by atoms with E-state index >= 15 is 0 Å². The van der Waals surface area contributed by atoms with Crippen LogP contribution in [0.2, 0.25) is 5.02 Å². The van der Waals surface area contributed by atoms with Crippen LogP contribution in [0.3, 0.4) is 0 Å². The summed E-state index contributed by atoms with van der Waals surface area (Å²) in [6.45, 7) is 4.39. The highest BCUT2D eigenvalue weighted by Crippen LogP contribution is 2.25. The third-order valence-corrected chi connectivity index (χ3v) is 5.05. The molecule has 0 atom stereocenters. The molecule has 2 N–H and O–H groups in total. The van der Waals surface area contributed by atoms with Gasteiger partial charge in [-0.05, 0) is 41.3 Å². The molecule has 0 aliphatic heterocycles. The van der Waals surface area contributed by atoms with Crippen molar-refractivity contribution in [3.8, 4) is 11.4 Å². The first-order valence-corrected chi connectivity index (χ1v) is 9.09. The largest absolute Gasteiger partial charge is 0.335 e. The van der Waals surface area contributed by atoms with E-state index in [1.165, 1.54) is 15.8 Å². The normalized spacial score (nSPS) is 11.2. The summed E-state index contributed by atoms with van der Waals surface area (Å²) in [5.74, 6) is 8.11. The minimum Gasteiger partial charge on any atom is -0.335 e. The van der Waals surface area contributed by atoms with Crippen LogP contribution in [0.5, 0.6) is 0 Å². The first-order valence-electron chi connectivity index (χ1n) is 7.72. The van der Waals surface area contributed by atoms with Crippen LogP contribution in [0.4, 0.5) is 0 Å². The first-order chi connectivity index (χ1) is 11.5. The van der Waals surface area contributed by atoms with Gasteiger partial charge in [-0.3, -0.25) is 0 Å². The summed E-state index contributed by atoms with van der Waals surface area (Å²) < 4.78 is 1.52. The summed E-state index contributed by atoms with van der Waals surface area (Å²) in [5.41, 5.74) is 3.47. The lowest BCUT2D eigenvalue weighted by molar-refractivity contribution is 0.849. The molecule has 0 fully saturated rings. The molecule has 0 aliphatic rings. The van der Waals surface area contributed by atoms with Crippen molar-refractivity contribution in [2.45, 2.75) is 30.7 Å². The van der Waals surface area contributed by atoms with Crippen molar-refractivity contribution < 1.29 is 0 Å². The third kappa shape index (κ3) is 3.74. The van der Waals surface area contributed by atoms with Crippen LogP contribution in [0.15, 0.2) is 53.7 Å². The zero-order valence-corrected chi connectivity index (χ0v) is 15.2. The average Bonchev–Trinajstić information content (AvgIpc) is 2.95. The predicted octanol–water partition coefficient (Wildman–Crippen LogP) is 4.73. The van der Waals surface area contributed by atoms with Crippen molar-refractivity contribution in [1.82, 2.24) is 14.9 Å². The monoisotopic (exact) mass is 358 g/mol. The van der Waals surface area contributed by atoms with Gasteiger partial charge in [0.1, 0.15) is 0 Å². The molecule has 0 amide bonds. The Morgan fingerprint density at radius 2 is 1.71 bits per heavy atom. The summed E-state index contributed by atoms with van der Waals surface area (Å²) in [7, 11) is 0. The second-order valence-corrected chi connectivity index (χ2v) is 7.25. The van der Waals surface area contributed by atoms with Crippen LogP contribution in [0, 0.1) is 0 Å². The van der Waals surface area contributed by atoms with Gasteiger partial charge in [-0.25, -0.2) is 4.68 Å². The Morgan fingerprint density at radius 3 is 2.33 bits per heavy atom. The highest BCUT2D eigenvalue weighted by atomic mass is 35.5. The van der Waals surface area contributed by atoms with Crippen molar-refractivity contribution in [2.24, 2.45) is 0 Å². The van der Waals surface area contributed by atoms with E-state index in [2.05, 4.69) is 48.3 Å². The number of nitrogen functional groups attached to an aromatic ring is 1. The number of hydrogen-bond acceptors (Lipinski definition) is 4. The van der Waals surface area contributed by atoms with E-state index in [0.29, 0.717) is 21.9 Å². The minimum atomic E-state index is 0.542. The van der Waals surface area contributed by atoms with E-state index in [-0.39, 0.29) is 0 Å². The smallest absolute Gasteiger partial charge is 0.210 e. The maximum absolute atomic E-state index is 6.14. The molecule has 0 aliphatic carbocycles. The number of thioether (sulfide) groups is 1. The Morgan fingerprint density at radius 1 is 1.04 bits per heavy atom.